The normalized spacial score (nSPS) is 15.3. The second-order valence-corrected chi connectivity index (χ2v) is 5.80. The Hall–Kier alpha value is -0.600. The zero-order chi connectivity index (χ0) is 14.0. The Morgan fingerprint density at radius 1 is 1.39 bits per heavy atom. The Bertz CT molecular complexity index is 264. The third kappa shape index (κ3) is 9.43. The molecule has 18 heavy (non-hydrogen) atoms. The van der Waals surface area contributed by atoms with E-state index in [-0.39, 0.29) is 12.2 Å². The highest BCUT2D eigenvalue weighted by atomic mass is 16.5. The van der Waals surface area contributed by atoms with Gasteiger partial charge in [0, 0.05) is 7.11 Å². The maximum Gasteiger partial charge on any atom is 0.0642 e. The van der Waals surface area contributed by atoms with E-state index in [4.69, 9.17) is 9.84 Å². The minimum atomic E-state index is 0.0105. The van der Waals surface area contributed by atoms with Crippen molar-refractivity contribution in [1.29, 1.82) is 0 Å². The van der Waals surface area contributed by atoms with E-state index in [0.29, 0.717) is 5.92 Å². The Labute approximate surface area is 113 Å². The first kappa shape index (κ1) is 17.4. The summed E-state index contributed by atoms with van der Waals surface area (Å²) in [6.07, 6.45) is 10.9. The van der Waals surface area contributed by atoms with E-state index in [1.54, 1.807) is 7.11 Å². The van der Waals surface area contributed by atoms with E-state index in [0.717, 1.165) is 18.4 Å². The van der Waals surface area contributed by atoms with Crippen LogP contribution in [0, 0.1) is 5.92 Å². The lowest BCUT2D eigenvalue weighted by molar-refractivity contribution is 0.0128. The SMILES string of the molecule is COC(C)(C)CCCC(C)C/C=C/C=C(\C)CO. The van der Waals surface area contributed by atoms with Crippen molar-refractivity contribution >= 4 is 0 Å². The Morgan fingerprint density at radius 3 is 2.61 bits per heavy atom. The van der Waals surface area contributed by atoms with Crippen molar-refractivity contribution in [2.45, 2.75) is 59.0 Å². The molecule has 0 aliphatic rings. The van der Waals surface area contributed by atoms with Gasteiger partial charge in [-0.1, -0.05) is 38.0 Å². The lowest BCUT2D eigenvalue weighted by atomic mass is 9.95. The van der Waals surface area contributed by atoms with Crippen LogP contribution in [0.1, 0.15) is 53.4 Å². The Morgan fingerprint density at radius 2 is 2.06 bits per heavy atom. The van der Waals surface area contributed by atoms with Crippen LogP contribution in [0.2, 0.25) is 0 Å². The Kier molecular flexibility index (Phi) is 9.03. The summed E-state index contributed by atoms with van der Waals surface area (Å²) in [5.41, 5.74) is 1.01. The predicted molar refractivity (Wildman–Crippen MR) is 78.7 cm³/mol. The summed E-state index contributed by atoms with van der Waals surface area (Å²) in [6.45, 7) is 8.64. The highest BCUT2D eigenvalue weighted by Crippen LogP contribution is 2.20. The molecule has 1 atom stereocenters. The van der Waals surface area contributed by atoms with Crippen LogP contribution in [0.3, 0.4) is 0 Å². The first-order valence-corrected chi connectivity index (χ1v) is 6.89. The summed E-state index contributed by atoms with van der Waals surface area (Å²) in [4.78, 5) is 0. The highest BCUT2D eigenvalue weighted by Gasteiger charge is 2.15. The number of hydrogen-bond donors (Lipinski definition) is 1. The van der Waals surface area contributed by atoms with Crippen LogP contribution in [0.15, 0.2) is 23.8 Å². The molecular formula is C16H30O2. The van der Waals surface area contributed by atoms with Gasteiger partial charge in [0.25, 0.3) is 0 Å². The Balaban J connectivity index is 3.76. The molecule has 0 fully saturated rings. The molecule has 0 amide bonds. The summed E-state index contributed by atoms with van der Waals surface area (Å²) in [6, 6.07) is 0. The first-order valence-electron chi connectivity index (χ1n) is 6.89. The lowest BCUT2D eigenvalue weighted by Crippen LogP contribution is -2.22. The standard InChI is InChI=1S/C16H30O2/c1-14(9-6-7-10-15(2)13-17)11-8-12-16(3,4)18-5/h6-7,10,14,17H,8-9,11-13H2,1-5H3/b7-6+,15-10+. The fourth-order valence-corrected chi connectivity index (χ4v) is 1.69. The molecule has 106 valence electrons. The molecule has 0 bridgehead atoms. The van der Waals surface area contributed by atoms with Crippen LogP contribution in [0.5, 0.6) is 0 Å². The zero-order valence-electron chi connectivity index (χ0n) is 12.7. The summed E-state index contributed by atoms with van der Waals surface area (Å²) >= 11 is 0. The molecule has 0 aromatic heterocycles. The number of aliphatic hydroxyl groups is 1. The number of aliphatic hydroxyl groups excluding tert-OH is 1. The molecule has 0 saturated heterocycles. The first-order chi connectivity index (χ1) is 8.41. The van der Waals surface area contributed by atoms with Crippen molar-refractivity contribution < 1.29 is 9.84 Å². The van der Waals surface area contributed by atoms with Gasteiger partial charge in [-0.3, -0.25) is 0 Å². The van der Waals surface area contributed by atoms with Gasteiger partial charge in [0.2, 0.25) is 0 Å². The van der Waals surface area contributed by atoms with Gasteiger partial charge < -0.3 is 9.84 Å². The van der Waals surface area contributed by atoms with Gasteiger partial charge in [-0.05, 0) is 45.1 Å². The smallest absolute Gasteiger partial charge is 0.0642 e. The van der Waals surface area contributed by atoms with E-state index >= 15 is 0 Å². The molecule has 0 radical (unpaired) electrons. The number of rotatable bonds is 9. The number of hydrogen-bond acceptors (Lipinski definition) is 2. The van der Waals surface area contributed by atoms with Gasteiger partial charge in [0.05, 0.1) is 12.2 Å². The molecule has 2 nitrogen and oxygen atoms in total. The molecule has 0 saturated carbocycles. The van der Waals surface area contributed by atoms with Crippen molar-refractivity contribution in [3.8, 4) is 0 Å². The molecule has 1 unspecified atom stereocenters. The number of methoxy groups -OCH3 is 1. The van der Waals surface area contributed by atoms with Gasteiger partial charge in [0.1, 0.15) is 0 Å². The predicted octanol–water partition coefficient (Wildman–Crippen LogP) is 4.10. The molecule has 0 aliphatic heterocycles. The fraction of sp³-hybridized carbons (Fsp3) is 0.750. The molecule has 0 rings (SSSR count). The third-order valence-corrected chi connectivity index (χ3v) is 3.33. The topological polar surface area (TPSA) is 29.5 Å². The van der Waals surface area contributed by atoms with Gasteiger partial charge in [0.15, 0.2) is 0 Å². The van der Waals surface area contributed by atoms with E-state index in [1.165, 1.54) is 12.8 Å². The monoisotopic (exact) mass is 254 g/mol. The fourth-order valence-electron chi connectivity index (χ4n) is 1.69. The molecular weight excluding hydrogens is 224 g/mol. The summed E-state index contributed by atoms with van der Waals surface area (Å²) in [7, 11) is 1.78. The van der Waals surface area contributed by atoms with Crippen molar-refractivity contribution in [2.75, 3.05) is 13.7 Å². The minimum absolute atomic E-state index is 0.0105. The van der Waals surface area contributed by atoms with E-state index in [9.17, 15) is 0 Å². The second kappa shape index (κ2) is 9.35. The molecule has 1 N–H and O–H groups in total. The van der Waals surface area contributed by atoms with Crippen LogP contribution in [0.25, 0.3) is 0 Å². The van der Waals surface area contributed by atoms with Gasteiger partial charge in [-0.15, -0.1) is 0 Å². The lowest BCUT2D eigenvalue weighted by Gasteiger charge is -2.23. The average Bonchev–Trinajstić information content (AvgIpc) is 2.34. The van der Waals surface area contributed by atoms with Crippen molar-refractivity contribution in [3.63, 3.8) is 0 Å². The number of ether oxygens (including phenoxy) is 1. The van der Waals surface area contributed by atoms with Crippen LogP contribution in [0.4, 0.5) is 0 Å². The highest BCUT2D eigenvalue weighted by molar-refractivity contribution is 5.10. The van der Waals surface area contributed by atoms with E-state index in [1.807, 2.05) is 19.1 Å². The number of allylic oxidation sites excluding steroid dienone is 3. The van der Waals surface area contributed by atoms with Crippen LogP contribution >= 0.6 is 0 Å². The second-order valence-electron chi connectivity index (χ2n) is 5.80. The molecule has 0 aromatic rings. The quantitative estimate of drug-likeness (QED) is 0.628. The van der Waals surface area contributed by atoms with E-state index in [2.05, 4.69) is 26.8 Å². The summed E-state index contributed by atoms with van der Waals surface area (Å²) < 4.78 is 5.41. The molecule has 0 spiro atoms. The van der Waals surface area contributed by atoms with Gasteiger partial charge >= 0.3 is 0 Å². The van der Waals surface area contributed by atoms with Crippen molar-refractivity contribution in [1.82, 2.24) is 0 Å². The average molecular weight is 254 g/mol. The summed E-state index contributed by atoms with van der Waals surface area (Å²) in [5, 5.41) is 8.84. The van der Waals surface area contributed by atoms with Crippen molar-refractivity contribution in [2.24, 2.45) is 5.92 Å². The van der Waals surface area contributed by atoms with Gasteiger partial charge in [-0.25, -0.2) is 0 Å². The maximum absolute atomic E-state index is 8.84. The van der Waals surface area contributed by atoms with Gasteiger partial charge in [-0.2, -0.15) is 0 Å². The zero-order valence-corrected chi connectivity index (χ0v) is 12.7. The molecule has 2 heteroatoms. The molecule has 0 aliphatic carbocycles. The van der Waals surface area contributed by atoms with E-state index < -0.39 is 0 Å². The van der Waals surface area contributed by atoms with Crippen LogP contribution in [-0.2, 0) is 4.74 Å². The third-order valence-electron chi connectivity index (χ3n) is 3.33. The van der Waals surface area contributed by atoms with Crippen molar-refractivity contribution in [3.05, 3.63) is 23.8 Å². The molecule has 0 aromatic carbocycles. The minimum Gasteiger partial charge on any atom is -0.392 e. The maximum atomic E-state index is 8.84. The summed E-state index contributed by atoms with van der Waals surface area (Å²) in [5.74, 6) is 0.705. The van der Waals surface area contributed by atoms with Crippen LogP contribution in [-0.4, -0.2) is 24.4 Å². The molecule has 0 heterocycles. The largest absolute Gasteiger partial charge is 0.392 e. The van der Waals surface area contributed by atoms with Crippen LogP contribution < -0.4 is 0 Å².